The molecule has 0 aromatic carbocycles. The van der Waals surface area contributed by atoms with Gasteiger partial charge in [0.1, 0.15) is 0 Å². The minimum absolute atomic E-state index is 0. The highest BCUT2D eigenvalue weighted by Gasteiger charge is 1.87. The molecule has 0 unspecified atom stereocenters. The molecule has 0 fully saturated rings. The van der Waals surface area contributed by atoms with Crippen molar-refractivity contribution >= 4 is 0 Å². The molecular formula is C6H16Cl10N-9. The van der Waals surface area contributed by atoms with E-state index < -0.39 is 0 Å². The number of quaternary nitrogens is 1. The third kappa shape index (κ3) is 114. The van der Waals surface area contributed by atoms with Crippen molar-refractivity contribution in [2.24, 2.45) is 0 Å². The predicted octanol–water partition coefficient (Wildman–Crippen LogP) is -30.0. The summed E-state index contributed by atoms with van der Waals surface area (Å²) in [6.45, 7) is 3.54. The molecule has 0 radical (unpaired) electrons. The van der Waals surface area contributed by atoms with E-state index in [2.05, 4.69) is 21.0 Å². The normalized spacial score (nSPS) is 4.24. The molecule has 11 heteroatoms. The van der Waals surface area contributed by atoms with Gasteiger partial charge in [-0.3, -0.25) is 0 Å². The van der Waals surface area contributed by atoms with Crippen LogP contribution in [0.2, 0.25) is 0 Å². The van der Waals surface area contributed by atoms with E-state index in [1.54, 1.807) is 4.90 Å². The van der Waals surface area contributed by atoms with Gasteiger partial charge in [-0.1, -0.05) is 13.3 Å². The van der Waals surface area contributed by atoms with E-state index in [4.69, 9.17) is 0 Å². The first-order valence-electron chi connectivity index (χ1n) is 3.06. The van der Waals surface area contributed by atoms with Crippen molar-refractivity contribution in [1.29, 1.82) is 0 Å². The van der Waals surface area contributed by atoms with Crippen LogP contribution in [0.4, 0.5) is 0 Å². The predicted molar refractivity (Wildman–Crippen MR) is 32.6 cm³/mol. The molecule has 0 saturated carbocycles. The van der Waals surface area contributed by atoms with Gasteiger partial charge in [0.25, 0.3) is 0 Å². The van der Waals surface area contributed by atoms with Crippen molar-refractivity contribution in [3.63, 3.8) is 0 Å². The maximum Gasteiger partial charge on any atom is 0.0766 e. The molecule has 124 valence electrons. The summed E-state index contributed by atoms with van der Waals surface area (Å²) in [6.07, 6.45) is 2.69. The Morgan fingerprint density at radius 2 is 0.824 bits per heavy atom. The number of unbranched alkanes of at least 4 members (excludes halogenated alkanes) is 1. The fraction of sp³-hybridized carbons (Fsp3) is 1.00. The van der Waals surface area contributed by atoms with Crippen LogP contribution in [0.1, 0.15) is 19.8 Å². The first-order chi connectivity index (χ1) is 3.27. The van der Waals surface area contributed by atoms with E-state index in [-0.39, 0.29) is 124 Å². The number of nitrogens with one attached hydrogen (secondary N) is 1. The maximum absolute atomic E-state index is 2.23. The van der Waals surface area contributed by atoms with Crippen molar-refractivity contribution in [2.75, 3.05) is 20.6 Å². The Labute approximate surface area is 168 Å². The Morgan fingerprint density at radius 3 is 0.882 bits per heavy atom. The van der Waals surface area contributed by atoms with Crippen LogP contribution in [-0.4, -0.2) is 20.6 Å². The molecule has 1 nitrogen and oxygen atoms in total. The summed E-state index contributed by atoms with van der Waals surface area (Å²) in [6, 6.07) is 0. The molecule has 0 aliphatic carbocycles. The molecule has 0 aliphatic rings. The summed E-state index contributed by atoms with van der Waals surface area (Å²) in [7, 11) is 4.38. The Balaban J connectivity index is -0.00000000400. The molecule has 0 bridgehead atoms. The van der Waals surface area contributed by atoms with Crippen molar-refractivity contribution in [3.05, 3.63) is 0 Å². The molecule has 0 atom stereocenters. The standard InChI is InChI=1S/C6H15N.10ClH/c1-4-5-6-7(2)3;;;;;;;;;;/h4-6H2,1-3H3;10*1H/p-9. The molecule has 0 aromatic rings. The van der Waals surface area contributed by atoms with Gasteiger partial charge in [-0.15, -0.1) is 0 Å². The monoisotopic (exact) mass is 452 g/mol. The van der Waals surface area contributed by atoms with Crippen LogP contribution in [0.3, 0.4) is 0 Å². The quantitative estimate of drug-likeness (QED) is 0.430. The van der Waals surface area contributed by atoms with Crippen LogP contribution in [0.15, 0.2) is 0 Å². The fourth-order valence-corrected chi connectivity index (χ4v) is 0.530. The van der Waals surface area contributed by atoms with E-state index in [1.807, 2.05) is 0 Å². The summed E-state index contributed by atoms with van der Waals surface area (Å²) < 4.78 is 0. The zero-order valence-corrected chi connectivity index (χ0v) is 17.0. The topological polar surface area (TPSA) is 4.44 Å². The van der Waals surface area contributed by atoms with Crippen LogP contribution in [0.25, 0.3) is 0 Å². The summed E-state index contributed by atoms with van der Waals surface area (Å²) in [5, 5.41) is 0. The smallest absolute Gasteiger partial charge is 0.0766 e. The molecule has 0 aliphatic heterocycles. The van der Waals surface area contributed by atoms with Crippen LogP contribution in [0.5, 0.6) is 0 Å². The Kier molecular flexibility index (Phi) is 406. The number of hydrogen-bond acceptors (Lipinski definition) is 0. The van der Waals surface area contributed by atoms with Crippen molar-refractivity contribution in [1.82, 2.24) is 0 Å². The molecule has 17 heavy (non-hydrogen) atoms. The van der Waals surface area contributed by atoms with E-state index in [0.717, 1.165) is 0 Å². The molecule has 0 heterocycles. The highest BCUT2D eigenvalue weighted by Crippen LogP contribution is 1.77. The van der Waals surface area contributed by atoms with Crippen LogP contribution in [0, 0.1) is 0 Å². The fourth-order valence-electron chi connectivity index (χ4n) is 0.530. The average molecular weight is 457 g/mol. The van der Waals surface area contributed by atoms with Gasteiger partial charge < -0.3 is 129 Å². The Bertz CT molecular complexity index is 49.8. The van der Waals surface area contributed by atoms with E-state index in [1.165, 1.54) is 19.4 Å². The van der Waals surface area contributed by atoms with Crippen molar-refractivity contribution in [2.45, 2.75) is 19.8 Å². The second-order valence-corrected chi connectivity index (χ2v) is 2.31. The van der Waals surface area contributed by atoms with Gasteiger partial charge in [0.2, 0.25) is 0 Å². The van der Waals surface area contributed by atoms with E-state index in [9.17, 15) is 0 Å². The third-order valence-electron chi connectivity index (χ3n) is 1.03. The SMILES string of the molecule is CCCC[NH+](C)C.[Cl-].[Cl-].[Cl-].[Cl-].[Cl-].[Cl-].[Cl-].[Cl-].[Cl-].[Cl-]. The molecule has 1 N–H and O–H groups in total. The first-order valence-corrected chi connectivity index (χ1v) is 3.06. The minimum Gasteiger partial charge on any atom is -1.00 e. The third-order valence-corrected chi connectivity index (χ3v) is 1.03. The van der Waals surface area contributed by atoms with Gasteiger partial charge in [0.15, 0.2) is 0 Å². The molecular weight excluding hydrogens is 441 g/mol. The second kappa shape index (κ2) is 76.6. The van der Waals surface area contributed by atoms with Crippen LogP contribution < -0.4 is 129 Å². The Hall–Kier alpha value is 2.86. The van der Waals surface area contributed by atoms with Crippen molar-refractivity contribution < 1.29 is 129 Å². The first kappa shape index (κ1) is 90.0. The highest BCUT2D eigenvalue weighted by atomic mass is 35.5. The van der Waals surface area contributed by atoms with E-state index in [0.29, 0.717) is 0 Å². The van der Waals surface area contributed by atoms with Crippen LogP contribution >= 0.6 is 0 Å². The van der Waals surface area contributed by atoms with Gasteiger partial charge in [-0.2, -0.15) is 0 Å². The van der Waals surface area contributed by atoms with Gasteiger partial charge in [-0.25, -0.2) is 0 Å². The second-order valence-electron chi connectivity index (χ2n) is 2.31. The lowest BCUT2D eigenvalue weighted by Gasteiger charge is -2.03. The average Bonchev–Trinajstić information content (AvgIpc) is 1.61. The number of rotatable bonds is 3. The number of halogens is 10. The molecule has 0 spiro atoms. The lowest BCUT2D eigenvalue weighted by Crippen LogP contribution is -3.05. The van der Waals surface area contributed by atoms with Gasteiger partial charge in [0, 0.05) is 0 Å². The van der Waals surface area contributed by atoms with E-state index >= 15 is 0 Å². The summed E-state index contributed by atoms with van der Waals surface area (Å²) >= 11 is 0. The lowest BCUT2D eigenvalue weighted by molar-refractivity contribution is -0.858. The molecule has 0 amide bonds. The van der Waals surface area contributed by atoms with Gasteiger partial charge >= 0.3 is 0 Å². The highest BCUT2D eigenvalue weighted by molar-refractivity contribution is 4.24. The summed E-state index contributed by atoms with van der Waals surface area (Å²) in [5.74, 6) is 0. The minimum atomic E-state index is 0. The molecule has 0 saturated heterocycles. The summed E-state index contributed by atoms with van der Waals surface area (Å²) in [4.78, 5) is 1.56. The van der Waals surface area contributed by atoms with Gasteiger partial charge in [0.05, 0.1) is 20.6 Å². The maximum atomic E-state index is 2.23. The molecule has 0 aromatic heterocycles. The van der Waals surface area contributed by atoms with Crippen LogP contribution in [-0.2, 0) is 0 Å². The largest absolute Gasteiger partial charge is 1.00 e. The zero-order valence-electron chi connectivity index (χ0n) is 9.40. The number of hydrogen-bond donors (Lipinski definition) is 1. The lowest BCUT2D eigenvalue weighted by atomic mass is 10.3. The van der Waals surface area contributed by atoms with Crippen molar-refractivity contribution in [3.8, 4) is 0 Å². The molecule has 0 rings (SSSR count). The summed E-state index contributed by atoms with van der Waals surface area (Å²) in [5.41, 5.74) is 0. The Morgan fingerprint density at radius 1 is 0.588 bits per heavy atom. The van der Waals surface area contributed by atoms with Gasteiger partial charge in [-0.05, 0) is 6.42 Å². The zero-order chi connectivity index (χ0) is 5.70.